The molecule has 20 heavy (non-hydrogen) atoms. The number of rotatable bonds is 4. The topological polar surface area (TPSA) is 35.2 Å². The van der Waals surface area contributed by atoms with Gasteiger partial charge < -0.3 is 10.5 Å². The van der Waals surface area contributed by atoms with Crippen LogP contribution >= 0.6 is 0 Å². The second kappa shape index (κ2) is 5.87. The summed E-state index contributed by atoms with van der Waals surface area (Å²) in [6.07, 6.45) is 5.44. The van der Waals surface area contributed by atoms with Gasteiger partial charge in [-0.3, -0.25) is 0 Å². The molecule has 2 nitrogen and oxygen atoms in total. The average Bonchev–Trinajstić information content (AvgIpc) is 2.39. The van der Waals surface area contributed by atoms with Crippen molar-refractivity contribution in [3.63, 3.8) is 0 Å². The minimum absolute atomic E-state index is 0.0744. The highest BCUT2D eigenvalue weighted by atomic mass is 16.5. The van der Waals surface area contributed by atoms with Crippen molar-refractivity contribution in [1.82, 2.24) is 0 Å². The zero-order valence-electron chi connectivity index (χ0n) is 13.4. The van der Waals surface area contributed by atoms with Crippen molar-refractivity contribution in [3.8, 4) is 0 Å². The number of methoxy groups -OCH3 is 1. The first-order valence-electron chi connectivity index (χ1n) is 7.73. The first kappa shape index (κ1) is 15.5. The first-order chi connectivity index (χ1) is 9.37. The number of benzene rings is 1. The highest BCUT2D eigenvalue weighted by Gasteiger charge is 2.42. The maximum atomic E-state index is 6.54. The second-order valence-corrected chi connectivity index (χ2v) is 7.23. The van der Waals surface area contributed by atoms with E-state index in [0.717, 1.165) is 19.3 Å². The van der Waals surface area contributed by atoms with Crippen LogP contribution in [0.5, 0.6) is 0 Å². The van der Waals surface area contributed by atoms with Gasteiger partial charge in [0.05, 0.1) is 5.60 Å². The van der Waals surface area contributed by atoms with Gasteiger partial charge in [-0.25, -0.2) is 0 Å². The Hall–Kier alpha value is -0.860. The van der Waals surface area contributed by atoms with Crippen LogP contribution in [-0.4, -0.2) is 18.8 Å². The second-order valence-electron chi connectivity index (χ2n) is 7.23. The Bertz CT molecular complexity index is 442. The maximum Gasteiger partial charge on any atom is 0.0832 e. The Morgan fingerprint density at radius 3 is 2.40 bits per heavy atom. The van der Waals surface area contributed by atoms with Crippen molar-refractivity contribution in [2.75, 3.05) is 7.11 Å². The van der Waals surface area contributed by atoms with Crippen LogP contribution in [0, 0.1) is 12.3 Å². The van der Waals surface area contributed by atoms with Crippen LogP contribution in [0.15, 0.2) is 24.3 Å². The molecule has 0 saturated heterocycles. The molecule has 0 amide bonds. The monoisotopic (exact) mass is 275 g/mol. The van der Waals surface area contributed by atoms with E-state index in [9.17, 15) is 0 Å². The molecule has 112 valence electrons. The van der Waals surface area contributed by atoms with E-state index in [2.05, 4.69) is 45.0 Å². The van der Waals surface area contributed by atoms with E-state index in [0.29, 0.717) is 5.41 Å². The largest absolute Gasteiger partial charge is 0.377 e. The number of nitrogens with two attached hydrogens (primary N) is 1. The van der Waals surface area contributed by atoms with Crippen LogP contribution in [0.2, 0.25) is 0 Å². The van der Waals surface area contributed by atoms with Crippen LogP contribution in [0.1, 0.15) is 50.7 Å². The van der Waals surface area contributed by atoms with Gasteiger partial charge in [-0.15, -0.1) is 0 Å². The van der Waals surface area contributed by atoms with E-state index in [1.54, 1.807) is 0 Å². The standard InChI is InChI=1S/C18H29NO/c1-14-6-5-7-15(12-14)13-16(19)18(20-4)10-8-17(2,3)9-11-18/h5-7,12,16H,8-11,13,19H2,1-4H3. The normalized spacial score (nSPS) is 22.4. The molecular weight excluding hydrogens is 246 g/mol. The molecule has 1 fully saturated rings. The molecule has 0 aliphatic heterocycles. The SMILES string of the molecule is COC1(C(N)Cc2cccc(C)c2)CCC(C)(C)CC1. The highest BCUT2D eigenvalue weighted by molar-refractivity contribution is 5.23. The molecule has 2 N–H and O–H groups in total. The number of ether oxygens (including phenoxy) is 1. The lowest BCUT2D eigenvalue weighted by molar-refractivity contribution is -0.0781. The predicted octanol–water partition coefficient (Wildman–Crippen LogP) is 3.85. The Balaban J connectivity index is 2.08. The van der Waals surface area contributed by atoms with Crippen LogP contribution < -0.4 is 5.73 Å². The van der Waals surface area contributed by atoms with Crippen LogP contribution in [0.3, 0.4) is 0 Å². The molecule has 1 aromatic rings. The lowest BCUT2D eigenvalue weighted by atomic mass is 9.68. The van der Waals surface area contributed by atoms with E-state index in [1.807, 2.05) is 7.11 Å². The summed E-state index contributed by atoms with van der Waals surface area (Å²) in [7, 11) is 1.83. The molecule has 1 aromatic carbocycles. The summed E-state index contributed by atoms with van der Waals surface area (Å²) in [5.41, 5.74) is 9.45. The van der Waals surface area contributed by atoms with Crippen molar-refractivity contribution in [2.45, 2.75) is 64.5 Å². The van der Waals surface area contributed by atoms with Crippen molar-refractivity contribution >= 4 is 0 Å². The van der Waals surface area contributed by atoms with Gasteiger partial charge in [0.1, 0.15) is 0 Å². The molecule has 2 rings (SSSR count). The van der Waals surface area contributed by atoms with E-state index in [4.69, 9.17) is 10.5 Å². The van der Waals surface area contributed by atoms with Crippen molar-refractivity contribution < 1.29 is 4.74 Å². The van der Waals surface area contributed by atoms with Crippen molar-refractivity contribution in [3.05, 3.63) is 35.4 Å². The van der Waals surface area contributed by atoms with Crippen LogP contribution in [0.4, 0.5) is 0 Å². The Kier molecular flexibility index (Phi) is 4.55. The molecule has 0 spiro atoms. The maximum absolute atomic E-state index is 6.54. The van der Waals surface area contributed by atoms with Gasteiger partial charge in [0.2, 0.25) is 0 Å². The lowest BCUT2D eigenvalue weighted by Gasteiger charge is -2.46. The van der Waals surface area contributed by atoms with E-state index in [1.165, 1.54) is 24.0 Å². The van der Waals surface area contributed by atoms with Crippen LogP contribution in [-0.2, 0) is 11.2 Å². The van der Waals surface area contributed by atoms with Crippen molar-refractivity contribution in [1.29, 1.82) is 0 Å². The fraction of sp³-hybridized carbons (Fsp3) is 0.667. The highest BCUT2D eigenvalue weighted by Crippen LogP contribution is 2.43. The van der Waals surface area contributed by atoms with Gasteiger partial charge >= 0.3 is 0 Å². The Morgan fingerprint density at radius 1 is 1.20 bits per heavy atom. The molecular formula is C18H29NO. The summed E-state index contributed by atoms with van der Waals surface area (Å²) < 4.78 is 5.91. The summed E-state index contributed by atoms with van der Waals surface area (Å²) >= 11 is 0. The third kappa shape index (κ3) is 3.42. The van der Waals surface area contributed by atoms with Crippen molar-refractivity contribution in [2.24, 2.45) is 11.1 Å². The third-order valence-corrected chi connectivity index (χ3v) is 5.07. The molecule has 1 unspecified atom stereocenters. The quantitative estimate of drug-likeness (QED) is 0.906. The van der Waals surface area contributed by atoms with E-state index >= 15 is 0 Å². The number of hydrogen-bond donors (Lipinski definition) is 1. The summed E-state index contributed by atoms with van der Waals surface area (Å²) in [6, 6.07) is 8.72. The first-order valence-corrected chi connectivity index (χ1v) is 7.73. The molecule has 1 saturated carbocycles. The Morgan fingerprint density at radius 2 is 1.85 bits per heavy atom. The summed E-state index contributed by atoms with van der Waals surface area (Å²) in [5.74, 6) is 0. The van der Waals surface area contributed by atoms with Gasteiger partial charge in [0, 0.05) is 13.2 Å². The third-order valence-electron chi connectivity index (χ3n) is 5.07. The van der Waals surface area contributed by atoms with E-state index < -0.39 is 0 Å². The minimum atomic E-state index is -0.140. The molecule has 0 heterocycles. The fourth-order valence-electron chi connectivity index (χ4n) is 3.36. The summed E-state index contributed by atoms with van der Waals surface area (Å²) in [4.78, 5) is 0. The summed E-state index contributed by atoms with van der Waals surface area (Å²) in [6.45, 7) is 6.82. The molecule has 1 aliphatic carbocycles. The summed E-state index contributed by atoms with van der Waals surface area (Å²) in [5, 5.41) is 0. The predicted molar refractivity (Wildman–Crippen MR) is 84.8 cm³/mol. The van der Waals surface area contributed by atoms with Crippen LogP contribution in [0.25, 0.3) is 0 Å². The van der Waals surface area contributed by atoms with Gasteiger partial charge in [-0.2, -0.15) is 0 Å². The average molecular weight is 275 g/mol. The number of aryl methyl sites for hydroxylation is 1. The zero-order valence-corrected chi connectivity index (χ0v) is 13.4. The Labute approximate surface area is 123 Å². The number of hydrogen-bond acceptors (Lipinski definition) is 2. The molecule has 0 aromatic heterocycles. The van der Waals surface area contributed by atoms with Gasteiger partial charge in [0.15, 0.2) is 0 Å². The molecule has 1 aliphatic rings. The zero-order chi connectivity index (χ0) is 14.8. The smallest absolute Gasteiger partial charge is 0.0832 e. The fourth-order valence-corrected chi connectivity index (χ4v) is 3.36. The lowest BCUT2D eigenvalue weighted by Crippen LogP contribution is -2.53. The van der Waals surface area contributed by atoms with Gasteiger partial charge in [-0.1, -0.05) is 43.7 Å². The minimum Gasteiger partial charge on any atom is -0.377 e. The van der Waals surface area contributed by atoms with Gasteiger partial charge in [-0.05, 0) is 50.0 Å². The molecule has 2 heteroatoms. The molecule has 0 bridgehead atoms. The molecule has 0 radical (unpaired) electrons. The van der Waals surface area contributed by atoms with E-state index in [-0.39, 0.29) is 11.6 Å². The van der Waals surface area contributed by atoms with Gasteiger partial charge in [0.25, 0.3) is 0 Å². The molecule has 1 atom stereocenters.